The summed E-state index contributed by atoms with van der Waals surface area (Å²) in [5.74, 6) is 0. The first-order valence-electron chi connectivity index (χ1n) is 5.15. The van der Waals surface area contributed by atoms with Crippen LogP contribution in [-0.4, -0.2) is 17.4 Å². The fourth-order valence-electron chi connectivity index (χ4n) is 2.06. The monoisotopic (exact) mass is 233 g/mol. The van der Waals surface area contributed by atoms with Crippen LogP contribution in [0.4, 0.5) is 0 Å². The Bertz CT molecular complexity index is 245. The first-order valence-corrected chi connectivity index (χ1v) is 7.95. The van der Waals surface area contributed by atoms with Crippen molar-refractivity contribution >= 4 is 17.4 Å². The summed E-state index contributed by atoms with van der Waals surface area (Å²) in [4.78, 5) is 0. The van der Waals surface area contributed by atoms with Crippen LogP contribution in [-0.2, 0) is 0 Å². The molecule has 1 rings (SSSR count). The predicted molar refractivity (Wildman–Crippen MR) is 61.4 cm³/mol. The van der Waals surface area contributed by atoms with E-state index in [-0.39, 0.29) is 17.4 Å². The first kappa shape index (κ1) is 11.2. The Morgan fingerprint density at radius 1 is 0.923 bits per heavy atom. The van der Waals surface area contributed by atoms with Crippen molar-refractivity contribution in [2.45, 2.75) is 50.5 Å². The molecule has 1 radical (unpaired) electrons. The minimum absolute atomic E-state index is 0.110. The molecule has 0 aromatic rings. The van der Waals surface area contributed by atoms with Crippen LogP contribution in [0.25, 0.3) is 0 Å². The van der Waals surface area contributed by atoms with Gasteiger partial charge in [0.1, 0.15) is 0 Å². The van der Waals surface area contributed by atoms with Gasteiger partial charge in [0, 0.05) is 0 Å². The van der Waals surface area contributed by atoms with Gasteiger partial charge in [0.15, 0.2) is 0 Å². The molecule has 0 saturated heterocycles. The molecule has 0 aromatic carbocycles. The second-order valence-corrected chi connectivity index (χ2v) is 9.53. The molecule has 0 bridgehead atoms. The van der Waals surface area contributed by atoms with Gasteiger partial charge in [-0.05, 0) is 0 Å². The summed E-state index contributed by atoms with van der Waals surface area (Å²) >= 11 is -0.110. The molecular formula is C12H20Ga. The van der Waals surface area contributed by atoms with E-state index in [0.29, 0.717) is 0 Å². The van der Waals surface area contributed by atoms with Crippen molar-refractivity contribution in [2.24, 2.45) is 0 Å². The fourth-order valence-corrected chi connectivity index (χ4v) is 5.93. The summed E-state index contributed by atoms with van der Waals surface area (Å²) in [7, 11) is 0. The molecule has 0 heterocycles. The van der Waals surface area contributed by atoms with Gasteiger partial charge in [-0.2, -0.15) is 0 Å². The van der Waals surface area contributed by atoms with Crippen molar-refractivity contribution in [1.82, 2.24) is 0 Å². The Morgan fingerprint density at radius 3 is 1.62 bits per heavy atom. The quantitative estimate of drug-likeness (QED) is 0.633. The third kappa shape index (κ3) is 2.13. The summed E-state index contributed by atoms with van der Waals surface area (Å²) in [6, 6.07) is 0. The number of hydrogen-bond donors (Lipinski definition) is 0. The standard InChI is InChI=1S/C9H13.C3H7.Ga/c1-6-5-7(2)9(4)8(6)3;1-3-2;/h5H,1-4H3;3H,1-2H3;. The van der Waals surface area contributed by atoms with E-state index >= 15 is 0 Å². The zero-order valence-electron chi connectivity index (χ0n) is 9.73. The molecule has 0 spiro atoms. The second kappa shape index (κ2) is 4.10. The van der Waals surface area contributed by atoms with Crippen LogP contribution < -0.4 is 0 Å². The van der Waals surface area contributed by atoms with Crippen molar-refractivity contribution in [2.75, 3.05) is 0 Å². The van der Waals surface area contributed by atoms with Crippen molar-refractivity contribution in [3.8, 4) is 0 Å². The normalized spacial score (nSPS) is 19.3. The van der Waals surface area contributed by atoms with Gasteiger partial charge in [0.2, 0.25) is 0 Å². The molecule has 1 aliphatic rings. The maximum absolute atomic E-state index is 2.38. The number of allylic oxidation sites excluding steroid dienone is 4. The molecular weight excluding hydrogens is 214 g/mol. The van der Waals surface area contributed by atoms with Gasteiger partial charge in [-0.1, -0.05) is 0 Å². The van der Waals surface area contributed by atoms with E-state index in [0.717, 1.165) is 8.94 Å². The summed E-state index contributed by atoms with van der Waals surface area (Å²) in [6.45, 7) is 14.0. The van der Waals surface area contributed by atoms with E-state index in [1.165, 1.54) is 0 Å². The van der Waals surface area contributed by atoms with Gasteiger partial charge in [-0.15, -0.1) is 0 Å². The van der Waals surface area contributed by atoms with E-state index in [1.807, 2.05) is 0 Å². The molecule has 0 unspecified atom stereocenters. The average molecular weight is 234 g/mol. The summed E-state index contributed by atoms with van der Waals surface area (Å²) in [5, 5.41) is 0. The van der Waals surface area contributed by atoms with Crippen molar-refractivity contribution in [3.05, 3.63) is 22.3 Å². The maximum atomic E-state index is 2.38. The predicted octanol–water partition coefficient (Wildman–Crippen LogP) is 3.99. The van der Waals surface area contributed by atoms with Gasteiger partial charge in [0.05, 0.1) is 0 Å². The molecule has 0 fully saturated rings. The van der Waals surface area contributed by atoms with E-state index in [2.05, 4.69) is 41.5 Å². The van der Waals surface area contributed by atoms with Crippen LogP contribution in [0.5, 0.6) is 0 Å². The van der Waals surface area contributed by atoms with Crippen molar-refractivity contribution < 1.29 is 0 Å². The molecule has 1 heteroatoms. The Balaban J connectivity index is 2.89. The second-order valence-electron chi connectivity index (χ2n) is 4.53. The first-order chi connectivity index (χ1) is 5.95. The molecule has 71 valence electrons. The van der Waals surface area contributed by atoms with E-state index in [4.69, 9.17) is 0 Å². The van der Waals surface area contributed by atoms with Crippen LogP contribution in [0, 0.1) is 0 Å². The van der Waals surface area contributed by atoms with E-state index < -0.39 is 0 Å². The summed E-state index contributed by atoms with van der Waals surface area (Å²) in [5.41, 5.74) is 6.48. The third-order valence-electron chi connectivity index (χ3n) is 3.26. The van der Waals surface area contributed by atoms with Gasteiger partial charge in [0.25, 0.3) is 0 Å². The summed E-state index contributed by atoms with van der Waals surface area (Å²) < 4.78 is 1.85. The van der Waals surface area contributed by atoms with E-state index in [1.54, 1.807) is 22.3 Å². The van der Waals surface area contributed by atoms with Crippen LogP contribution in [0.3, 0.4) is 0 Å². The Morgan fingerprint density at radius 2 is 1.31 bits per heavy atom. The van der Waals surface area contributed by atoms with E-state index in [9.17, 15) is 0 Å². The molecule has 0 aromatic heterocycles. The molecule has 0 nitrogen and oxygen atoms in total. The zero-order chi connectivity index (χ0) is 10.2. The zero-order valence-corrected chi connectivity index (χ0v) is 12.2. The number of hydrogen-bond acceptors (Lipinski definition) is 0. The molecule has 0 N–H and O–H groups in total. The fraction of sp³-hybridized carbons (Fsp3) is 0.667. The average Bonchev–Trinajstić information content (AvgIpc) is 2.22. The van der Waals surface area contributed by atoms with Crippen LogP contribution in [0.2, 0.25) is 8.94 Å². The minimum atomic E-state index is -0.110. The molecule has 0 saturated carbocycles. The Hall–Kier alpha value is 0.116. The summed E-state index contributed by atoms with van der Waals surface area (Å²) in [6.07, 6.45) is 0. The SMILES string of the molecule is CC1=C(C)[CH]([Ga][CH](C)C)C(C)=C1C. The van der Waals surface area contributed by atoms with Crippen molar-refractivity contribution in [1.29, 1.82) is 0 Å². The van der Waals surface area contributed by atoms with Gasteiger partial charge in [-0.3, -0.25) is 0 Å². The van der Waals surface area contributed by atoms with Gasteiger partial charge in [-0.25, -0.2) is 0 Å². The molecule has 0 amide bonds. The Labute approximate surface area is 90.3 Å². The molecule has 13 heavy (non-hydrogen) atoms. The van der Waals surface area contributed by atoms with Crippen LogP contribution >= 0.6 is 0 Å². The Kier molecular flexibility index (Phi) is 3.53. The van der Waals surface area contributed by atoms with Crippen LogP contribution in [0.15, 0.2) is 22.3 Å². The van der Waals surface area contributed by atoms with Crippen LogP contribution in [0.1, 0.15) is 41.5 Å². The number of rotatable bonds is 2. The molecule has 0 aliphatic heterocycles. The third-order valence-corrected chi connectivity index (χ3v) is 7.78. The topological polar surface area (TPSA) is 0 Å². The van der Waals surface area contributed by atoms with Gasteiger partial charge < -0.3 is 0 Å². The van der Waals surface area contributed by atoms with Crippen molar-refractivity contribution in [3.63, 3.8) is 0 Å². The van der Waals surface area contributed by atoms with Gasteiger partial charge >= 0.3 is 90.2 Å². The molecule has 1 aliphatic carbocycles. The molecule has 0 atom stereocenters.